The third-order valence-corrected chi connectivity index (χ3v) is 2.94. The summed E-state index contributed by atoms with van der Waals surface area (Å²) < 4.78 is 0. The number of piperidine rings is 1. The Morgan fingerprint density at radius 3 is 2.60 bits per heavy atom. The number of hydrogen-bond acceptors (Lipinski definition) is 3. The molecule has 1 aliphatic heterocycles. The molecule has 0 aromatic carbocycles. The zero-order chi connectivity index (χ0) is 11.3. The highest BCUT2D eigenvalue weighted by Crippen LogP contribution is 2.11. The first-order chi connectivity index (χ1) is 7.11. The number of hydrogen-bond donors (Lipinski definition) is 2. The Kier molecular flexibility index (Phi) is 5.05. The molecule has 1 unspecified atom stereocenters. The molecule has 0 saturated carbocycles. The van der Waals surface area contributed by atoms with Crippen molar-refractivity contribution in [2.24, 2.45) is 0 Å². The van der Waals surface area contributed by atoms with E-state index in [9.17, 15) is 9.90 Å². The van der Waals surface area contributed by atoms with E-state index in [0.717, 1.165) is 38.9 Å². The molecule has 0 spiro atoms. The summed E-state index contributed by atoms with van der Waals surface area (Å²) in [5.74, 6) is 0.0574. The van der Waals surface area contributed by atoms with Crippen LogP contribution in [0.15, 0.2) is 0 Å². The predicted molar refractivity (Wildman–Crippen MR) is 59.6 cm³/mol. The van der Waals surface area contributed by atoms with Gasteiger partial charge in [-0.15, -0.1) is 0 Å². The average Bonchev–Trinajstić information content (AvgIpc) is 2.20. The molecule has 15 heavy (non-hydrogen) atoms. The van der Waals surface area contributed by atoms with Gasteiger partial charge in [0.2, 0.25) is 5.91 Å². The molecule has 1 rings (SSSR count). The lowest BCUT2D eigenvalue weighted by molar-refractivity contribution is -0.120. The first kappa shape index (κ1) is 12.5. The van der Waals surface area contributed by atoms with Crippen LogP contribution in [0.4, 0.5) is 0 Å². The van der Waals surface area contributed by atoms with Crippen LogP contribution in [0.1, 0.15) is 33.1 Å². The summed E-state index contributed by atoms with van der Waals surface area (Å²) in [6, 6.07) is 0.331. The van der Waals surface area contributed by atoms with Crippen molar-refractivity contribution in [3.8, 4) is 0 Å². The molecular weight excluding hydrogens is 192 g/mol. The maximum atomic E-state index is 10.9. The molecule has 1 fully saturated rings. The Balaban J connectivity index is 2.20. The lowest BCUT2D eigenvalue weighted by Crippen LogP contribution is -2.45. The maximum absolute atomic E-state index is 10.9. The van der Waals surface area contributed by atoms with Crippen molar-refractivity contribution in [2.75, 3.05) is 19.6 Å². The number of β-amino-alcohol motifs (C(OH)–C–C–N with tert-alkyl or cyclic N) is 1. The summed E-state index contributed by atoms with van der Waals surface area (Å²) >= 11 is 0. The standard InChI is InChI=1S/C11H22N2O2/c1-3-11(15)8-13-6-4-10(5-7-13)12-9(2)14/h10-11,15H,3-8H2,1-2H3,(H,12,14). The molecule has 0 aliphatic carbocycles. The van der Waals surface area contributed by atoms with Gasteiger partial charge in [0, 0.05) is 32.6 Å². The summed E-state index contributed by atoms with van der Waals surface area (Å²) in [7, 11) is 0. The molecule has 1 saturated heterocycles. The fourth-order valence-electron chi connectivity index (χ4n) is 1.97. The second-order valence-corrected chi connectivity index (χ2v) is 4.34. The van der Waals surface area contributed by atoms with E-state index in [-0.39, 0.29) is 12.0 Å². The topological polar surface area (TPSA) is 52.6 Å². The number of rotatable bonds is 4. The molecule has 0 radical (unpaired) electrons. The molecule has 0 aromatic rings. The predicted octanol–water partition coefficient (Wildman–Crippen LogP) is 0.358. The molecule has 1 atom stereocenters. The number of likely N-dealkylation sites (tertiary alicyclic amines) is 1. The Morgan fingerprint density at radius 2 is 2.13 bits per heavy atom. The van der Waals surface area contributed by atoms with E-state index in [2.05, 4.69) is 10.2 Å². The number of carbonyl (C=O) groups excluding carboxylic acids is 1. The number of amides is 1. The van der Waals surface area contributed by atoms with Crippen molar-refractivity contribution in [1.82, 2.24) is 10.2 Å². The molecule has 88 valence electrons. The first-order valence-corrected chi connectivity index (χ1v) is 5.79. The molecule has 1 heterocycles. The number of aliphatic hydroxyl groups excluding tert-OH is 1. The van der Waals surface area contributed by atoms with Crippen LogP contribution in [0.2, 0.25) is 0 Å². The largest absolute Gasteiger partial charge is 0.392 e. The Hall–Kier alpha value is -0.610. The van der Waals surface area contributed by atoms with E-state index >= 15 is 0 Å². The van der Waals surface area contributed by atoms with E-state index in [1.165, 1.54) is 0 Å². The normalized spacial score (nSPS) is 21.3. The van der Waals surface area contributed by atoms with Crippen LogP contribution in [0, 0.1) is 0 Å². The Bertz CT molecular complexity index is 201. The van der Waals surface area contributed by atoms with Gasteiger partial charge in [-0.1, -0.05) is 6.92 Å². The quantitative estimate of drug-likeness (QED) is 0.710. The SMILES string of the molecule is CCC(O)CN1CCC(NC(C)=O)CC1. The molecule has 1 aliphatic rings. The summed E-state index contributed by atoms with van der Waals surface area (Å²) in [5, 5.41) is 12.5. The van der Waals surface area contributed by atoms with Crippen LogP contribution >= 0.6 is 0 Å². The van der Waals surface area contributed by atoms with Gasteiger partial charge in [0.25, 0.3) is 0 Å². The van der Waals surface area contributed by atoms with Crippen molar-refractivity contribution < 1.29 is 9.90 Å². The summed E-state index contributed by atoms with van der Waals surface area (Å²) in [4.78, 5) is 13.1. The highest BCUT2D eigenvalue weighted by atomic mass is 16.3. The zero-order valence-electron chi connectivity index (χ0n) is 9.70. The van der Waals surface area contributed by atoms with Crippen LogP contribution in [-0.2, 0) is 4.79 Å². The number of carbonyl (C=O) groups is 1. The smallest absolute Gasteiger partial charge is 0.217 e. The van der Waals surface area contributed by atoms with Gasteiger partial charge >= 0.3 is 0 Å². The minimum Gasteiger partial charge on any atom is -0.392 e. The van der Waals surface area contributed by atoms with Crippen LogP contribution in [0.3, 0.4) is 0 Å². The number of nitrogens with one attached hydrogen (secondary N) is 1. The van der Waals surface area contributed by atoms with Crippen LogP contribution < -0.4 is 5.32 Å². The molecule has 1 amide bonds. The number of aliphatic hydroxyl groups is 1. The number of nitrogens with zero attached hydrogens (tertiary/aromatic N) is 1. The first-order valence-electron chi connectivity index (χ1n) is 5.79. The third-order valence-electron chi connectivity index (χ3n) is 2.94. The summed E-state index contributed by atoms with van der Waals surface area (Å²) in [6.07, 6.45) is 2.60. The van der Waals surface area contributed by atoms with Crippen molar-refractivity contribution in [3.05, 3.63) is 0 Å². The van der Waals surface area contributed by atoms with Crippen molar-refractivity contribution in [2.45, 2.75) is 45.3 Å². The van der Waals surface area contributed by atoms with Gasteiger partial charge in [0.1, 0.15) is 0 Å². The zero-order valence-corrected chi connectivity index (χ0v) is 9.70. The van der Waals surface area contributed by atoms with Crippen LogP contribution in [0.5, 0.6) is 0 Å². The van der Waals surface area contributed by atoms with Crippen molar-refractivity contribution >= 4 is 5.91 Å². The van der Waals surface area contributed by atoms with Gasteiger partial charge in [-0.3, -0.25) is 4.79 Å². The van der Waals surface area contributed by atoms with Gasteiger partial charge < -0.3 is 15.3 Å². The van der Waals surface area contributed by atoms with Gasteiger partial charge in [-0.25, -0.2) is 0 Å². The summed E-state index contributed by atoms with van der Waals surface area (Å²) in [5.41, 5.74) is 0. The molecule has 2 N–H and O–H groups in total. The fraction of sp³-hybridized carbons (Fsp3) is 0.909. The van der Waals surface area contributed by atoms with Crippen LogP contribution in [-0.4, -0.2) is 47.7 Å². The minimum atomic E-state index is -0.206. The highest BCUT2D eigenvalue weighted by molar-refractivity contribution is 5.73. The fourth-order valence-corrected chi connectivity index (χ4v) is 1.97. The van der Waals surface area contributed by atoms with Crippen LogP contribution in [0.25, 0.3) is 0 Å². The molecule has 4 nitrogen and oxygen atoms in total. The molecular formula is C11H22N2O2. The summed E-state index contributed by atoms with van der Waals surface area (Å²) in [6.45, 7) is 6.27. The van der Waals surface area contributed by atoms with E-state index in [1.807, 2.05) is 6.92 Å². The van der Waals surface area contributed by atoms with Gasteiger partial charge in [-0.05, 0) is 19.3 Å². The van der Waals surface area contributed by atoms with Crippen molar-refractivity contribution in [3.63, 3.8) is 0 Å². The van der Waals surface area contributed by atoms with E-state index < -0.39 is 0 Å². The van der Waals surface area contributed by atoms with E-state index in [0.29, 0.717) is 6.04 Å². The van der Waals surface area contributed by atoms with Gasteiger partial charge in [0.05, 0.1) is 6.10 Å². The highest BCUT2D eigenvalue weighted by Gasteiger charge is 2.20. The maximum Gasteiger partial charge on any atom is 0.217 e. The third kappa shape index (κ3) is 4.62. The average molecular weight is 214 g/mol. The van der Waals surface area contributed by atoms with Crippen molar-refractivity contribution in [1.29, 1.82) is 0 Å². The minimum absolute atomic E-state index is 0.0574. The van der Waals surface area contributed by atoms with E-state index in [4.69, 9.17) is 0 Å². The second kappa shape index (κ2) is 6.08. The molecule has 4 heteroatoms. The molecule has 0 bridgehead atoms. The second-order valence-electron chi connectivity index (χ2n) is 4.34. The monoisotopic (exact) mass is 214 g/mol. The van der Waals surface area contributed by atoms with Gasteiger partial charge in [-0.2, -0.15) is 0 Å². The Labute approximate surface area is 91.6 Å². The lowest BCUT2D eigenvalue weighted by atomic mass is 10.0. The van der Waals surface area contributed by atoms with Gasteiger partial charge in [0.15, 0.2) is 0 Å². The molecule has 0 aromatic heterocycles. The lowest BCUT2D eigenvalue weighted by Gasteiger charge is -2.33. The van der Waals surface area contributed by atoms with E-state index in [1.54, 1.807) is 6.92 Å². The Morgan fingerprint density at radius 1 is 1.53 bits per heavy atom.